The van der Waals surface area contributed by atoms with Crippen molar-refractivity contribution in [2.75, 3.05) is 30.9 Å². The molecule has 4 bridgehead atoms. The van der Waals surface area contributed by atoms with Crippen LogP contribution in [0.4, 0.5) is 34.1 Å². The summed E-state index contributed by atoms with van der Waals surface area (Å²) in [5.74, 6) is -7.37. The van der Waals surface area contributed by atoms with Crippen molar-refractivity contribution in [1.82, 2.24) is 15.7 Å². The number of carbonyl (C=O) groups excluding carboxylic acids is 10. The summed E-state index contributed by atoms with van der Waals surface area (Å²) in [6, 6.07) is 4.11. The van der Waals surface area contributed by atoms with E-state index in [1.807, 2.05) is 19.1 Å². The van der Waals surface area contributed by atoms with E-state index in [4.69, 9.17) is 41.1 Å². The number of nitrogens with two attached hydrogens (primary N) is 1. The third-order valence-electron chi connectivity index (χ3n) is 16.0. The lowest BCUT2D eigenvalue weighted by Gasteiger charge is -2.41. The lowest BCUT2D eigenvalue weighted by atomic mass is 9.78. The van der Waals surface area contributed by atoms with Gasteiger partial charge >= 0.3 is 30.2 Å². The molecule has 4 heterocycles. The van der Waals surface area contributed by atoms with Crippen molar-refractivity contribution in [2.45, 2.75) is 179 Å². The number of ketones is 2. The van der Waals surface area contributed by atoms with E-state index in [2.05, 4.69) is 16.0 Å². The minimum Gasteiger partial charge on any atom is -0.462 e. The summed E-state index contributed by atoms with van der Waals surface area (Å²) in [6.45, 7) is 10.2. The molecular formula is C60H76ClF3N6O16. The molecule has 470 valence electrons. The first-order valence-electron chi connectivity index (χ1n) is 28.5. The molecule has 4 aliphatic rings. The highest BCUT2D eigenvalue weighted by Gasteiger charge is 2.64. The molecule has 0 spiro atoms. The number of amides is 7. The number of imide groups is 1. The Morgan fingerprint density at radius 3 is 2.31 bits per heavy atom. The van der Waals surface area contributed by atoms with E-state index < -0.39 is 150 Å². The van der Waals surface area contributed by atoms with E-state index in [0.717, 1.165) is 23.3 Å². The number of halogens is 4. The predicted molar refractivity (Wildman–Crippen MR) is 305 cm³/mol. The van der Waals surface area contributed by atoms with Crippen molar-refractivity contribution in [1.29, 1.82) is 0 Å². The standard InChI is InChI=1S/C60H76ClF3N6O16/c1-32(2)39(28-38(71)14-9-10-17-51(76)86-70-48(73)20-21-49(70)74)55(78)67-42(15-12-22-66-56(65)79)44(72)27-36-18-19-41(40(25-36)60(62,63)64)68-57(80)84-47-29-50(75)69(7)43-26-37(24-34(4)53(43)61)23-33(3)13-11-16-46(82-8)59(81)30-45(83-52(77)31-59)35(5)54-58(47,6)85-54/h11,13,16,18-19,24-26,32,35,39,42,45-47,54,81H,9-10,12,14-15,17,20-23,27-31H2,1-8H3,(H,67,78)(H,68,80)(H3,65,66,79)/b16-11+,33-13+/t35-,39+,42+,45+,46-,47+,54+,58+,59-/m1/s1. The highest BCUT2D eigenvalue weighted by Crippen LogP contribution is 2.50. The number of urea groups is 1. The van der Waals surface area contributed by atoms with Crippen LogP contribution < -0.4 is 26.6 Å². The molecule has 0 aromatic heterocycles. The van der Waals surface area contributed by atoms with Crippen molar-refractivity contribution in [2.24, 2.45) is 23.5 Å². The number of allylic oxidation sites excluding steroid dienone is 3. The van der Waals surface area contributed by atoms with E-state index in [1.165, 1.54) is 26.0 Å². The summed E-state index contributed by atoms with van der Waals surface area (Å²) in [4.78, 5) is 136. The molecule has 22 nitrogen and oxygen atoms in total. The number of aliphatic hydroxyl groups is 1. The van der Waals surface area contributed by atoms with Gasteiger partial charge in [-0.3, -0.25) is 38.9 Å². The number of primary amides is 1. The number of anilines is 2. The number of epoxide rings is 1. The summed E-state index contributed by atoms with van der Waals surface area (Å²) < 4.78 is 68.7. The minimum atomic E-state index is -5.15. The largest absolute Gasteiger partial charge is 0.462 e. The van der Waals surface area contributed by atoms with Gasteiger partial charge in [-0.25, -0.2) is 14.4 Å². The van der Waals surface area contributed by atoms with Gasteiger partial charge in [0.2, 0.25) is 11.8 Å². The quantitative estimate of drug-likeness (QED) is 0.0352. The van der Waals surface area contributed by atoms with Crippen LogP contribution in [-0.2, 0) is 81.2 Å². The number of hydroxylamine groups is 2. The van der Waals surface area contributed by atoms with Gasteiger partial charge in [0.25, 0.3) is 11.8 Å². The zero-order valence-electron chi connectivity index (χ0n) is 49.4. The summed E-state index contributed by atoms with van der Waals surface area (Å²) in [5, 5.41) is 19.8. The van der Waals surface area contributed by atoms with Crippen molar-refractivity contribution in [3.05, 3.63) is 81.4 Å². The number of fused-ring (bicyclic) bond motifs is 5. The van der Waals surface area contributed by atoms with Gasteiger partial charge in [-0.1, -0.05) is 68.3 Å². The van der Waals surface area contributed by atoms with Gasteiger partial charge in [0.15, 0.2) is 5.78 Å². The van der Waals surface area contributed by atoms with Crippen LogP contribution >= 0.6 is 11.6 Å². The third kappa shape index (κ3) is 17.7. The molecule has 86 heavy (non-hydrogen) atoms. The number of Topliss-reactive ketones (excluding diaryl/α,β-unsaturated/α-hetero) is 2. The van der Waals surface area contributed by atoms with Gasteiger partial charge in [-0.2, -0.15) is 13.2 Å². The van der Waals surface area contributed by atoms with Gasteiger partial charge in [-0.05, 0) is 93.7 Å². The number of hydrogen-bond acceptors (Lipinski definition) is 16. The molecule has 4 aliphatic heterocycles. The van der Waals surface area contributed by atoms with Crippen LogP contribution in [0.25, 0.3) is 0 Å². The van der Waals surface area contributed by atoms with Crippen LogP contribution in [0.15, 0.2) is 54.1 Å². The zero-order chi connectivity index (χ0) is 63.6. The number of carbonyl (C=O) groups is 10. The van der Waals surface area contributed by atoms with Crippen LogP contribution in [0.3, 0.4) is 0 Å². The second kappa shape index (κ2) is 29.0. The second-order valence-corrected chi connectivity index (χ2v) is 23.5. The molecule has 3 fully saturated rings. The Kier molecular flexibility index (Phi) is 22.9. The fraction of sp³-hybridized carbons (Fsp3) is 0.567. The number of aryl methyl sites for hydroxylation is 1. The SMILES string of the molecule is CO[C@@H]1/C=C/C=C(\C)Cc2cc(C)c(Cl)c(c2)N(C)C(=O)C[C@H](OC(=O)Nc2ccc(CC(=O)[C@H](CCCNC(N)=O)NC(=O)[C@@H](CC(=O)CCCCC(=O)ON3C(=O)CCC3=O)C(C)C)cc2C(F)(F)F)[C@]2(C)O[C@H]2[C@H](C)[C@@H]2C[C@@]1(O)CC(=O)O2. The lowest BCUT2D eigenvalue weighted by molar-refractivity contribution is -0.197. The zero-order valence-corrected chi connectivity index (χ0v) is 50.2. The van der Waals surface area contributed by atoms with Crippen molar-refractivity contribution < 1.29 is 90.0 Å². The number of nitrogens with one attached hydrogen (secondary N) is 3. The Labute approximate surface area is 501 Å². The Balaban J connectivity index is 1.19. The summed E-state index contributed by atoms with van der Waals surface area (Å²) >= 11 is 6.80. The molecule has 0 aliphatic carbocycles. The highest BCUT2D eigenvalue weighted by atomic mass is 35.5. The first-order valence-corrected chi connectivity index (χ1v) is 28.9. The molecule has 7 amide bonds. The Hall–Kier alpha value is -7.22. The lowest BCUT2D eigenvalue weighted by Crippen LogP contribution is -2.53. The van der Waals surface area contributed by atoms with Gasteiger partial charge in [0.1, 0.15) is 35.3 Å². The Bertz CT molecular complexity index is 2990. The molecule has 2 aromatic rings. The second-order valence-electron chi connectivity index (χ2n) is 23.1. The first-order chi connectivity index (χ1) is 40.3. The molecule has 9 atom stereocenters. The number of alkyl halides is 3. The topological polar surface area (TPSA) is 309 Å². The fourth-order valence-electron chi connectivity index (χ4n) is 11.0. The van der Waals surface area contributed by atoms with Crippen LogP contribution in [0.2, 0.25) is 5.02 Å². The van der Waals surface area contributed by atoms with Gasteiger partial charge in [-0.15, -0.1) is 5.06 Å². The van der Waals surface area contributed by atoms with Crippen molar-refractivity contribution in [3.8, 4) is 0 Å². The van der Waals surface area contributed by atoms with Gasteiger partial charge in [0.05, 0.1) is 46.9 Å². The Morgan fingerprint density at radius 2 is 1.66 bits per heavy atom. The van der Waals surface area contributed by atoms with Crippen LogP contribution in [0, 0.1) is 24.7 Å². The Morgan fingerprint density at radius 1 is 0.977 bits per heavy atom. The molecular weight excluding hydrogens is 1150 g/mol. The van der Waals surface area contributed by atoms with E-state index in [-0.39, 0.29) is 87.1 Å². The molecule has 6 N–H and O–H groups in total. The minimum absolute atomic E-state index is 0.0299. The average Bonchev–Trinajstić information content (AvgIpc) is 1.61. The maximum atomic E-state index is 15.1. The highest BCUT2D eigenvalue weighted by molar-refractivity contribution is 6.34. The van der Waals surface area contributed by atoms with E-state index in [9.17, 15) is 53.1 Å². The molecule has 2 aromatic carbocycles. The maximum absolute atomic E-state index is 15.1. The summed E-state index contributed by atoms with van der Waals surface area (Å²) in [6.07, 6.45) is -7.38. The number of rotatable bonds is 21. The van der Waals surface area contributed by atoms with Crippen LogP contribution in [0.1, 0.15) is 134 Å². The number of nitrogens with zero attached hydrogens (tertiary/aromatic N) is 2. The number of benzene rings is 2. The monoisotopic (exact) mass is 1230 g/mol. The molecule has 26 heteroatoms. The maximum Gasteiger partial charge on any atom is 0.418 e. The average molecular weight is 1230 g/mol. The molecule has 0 radical (unpaired) electrons. The normalized spacial score (nSPS) is 25.2. The number of ether oxygens (including phenoxy) is 4. The molecule has 6 rings (SSSR count). The van der Waals surface area contributed by atoms with Gasteiger partial charge in [0, 0.05) is 77.5 Å². The third-order valence-corrected chi connectivity index (χ3v) is 16.5. The number of unbranched alkanes of at least 4 members (excludes halogenated alkanes) is 1. The summed E-state index contributed by atoms with van der Waals surface area (Å²) in [7, 11) is 2.86. The van der Waals surface area contributed by atoms with Crippen LogP contribution in [-0.4, -0.2) is 132 Å². The predicted octanol–water partition coefficient (Wildman–Crippen LogP) is 7.39. The number of methoxy groups -OCH3 is 1. The smallest absolute Gasteiger partial charge is 0.418 e. The fourth-order valence-corrected chi connectivity index (χ4v) is 11.3. The molecule has 3 saturated heterocycles. The van der Waals surface area contributed by atoms with Crippen molar-refractivity contribution in [3.63, 3.8) is 0 Å². The van der Waals surface area contributed by atoms with Crippen molar-refractivity contribution >= 4 is 82.2 Å². The van der Waals surface area contributed by atoms with Crippen LogP contribution in [0.5, 0.6) is 0 Å². The van der Waals surface area contributed by atoms with E-state index in [0.29, 0.717) is 28.8 Å². The summed E-state index contributed by atoms with van der Waals surface area (Å²) in [5.41, 5.74) is 2.23. The number of hydrogen-bond donors (Lipinski definition) is 5. The molecule has 0 unspecified atom stereocenters. The first kappa shape index (κ1) is 67.9. The van der Waals surface area contributed by atoms with E-state index in [1.54, 1.807) is 45.9 Å². The van der Waals surface area contributed by atoms with E-state index >= 15 is 13.2 Å². The molecule has 0 saturated carbocycles. The van der Waals surface area contributed by atoms with Gasteiger partial charge < -0.3 is 50.2 Å². The number of esters is 1.